The number of carbonyl (C=O) groups is 1. The van der Waals surface area contributed by atoms with Crippen LogP contribution >= 0.6 is 0 Å². The second kappa shape index (κ2) is 4.93. The molecule has 0 amide bonds. The Balaban J connectivity index is 5.89. The molecule has 0 saturated carbocycles. The normalized spacial score (nSPS) is 14.2. The summed E-state index contributed by atoms with van der Waals surface area (Å²) in [7, 11) is 0. The Bertz CT molecular complexity index is 335. The van der Waals surface area contributed by atoms with Crippen molar-refractivity contribution < 1.29 is 49.0 Å². The molecule has 0 aromatic rings. The number of halogens is 9. The van der Waals surface area contributed by atoms with Gasteiger partial charge in [-0.3, -0.25) is 0 Å². The third-order valence-corrected chi connectivity index (χ3v) is 1.81. The number of alkyl halides is 9. The number of ether oxygens (including phenoxy) is 1. The van der Waals surface area contributed by atoms with Crippen molar-refractivity contribution in [2.24, 2.45) is 0 Å². The molecule has 0 bridgehead atoms. The van der Waals surface area contributed by atoms with E-state index in [1.165, 1.54) is 0 Å². The first-order chi connectivity index (χ1) is 8.16. The number of esters is 1. The van der Waals surface area contributed by atoms with Crippen LogP contribution in [0.5, 0.6) is 0 Å². The minimum atomic E-state index is -6.50. The van der Waals surface area contributed by atoms with E-state index in [0.29, 0.717) is 0 Å². The van der Waals surface area contributed by atoms with Gasteiger partial charge in [0.1, 0.15) is 6.42 Å². The molecule has 0 aliphatic carbocycles. The first kappa shape index (κ1) is 17.6. The molecule has 0 unspecified atom stereocenters. The average molecular weight is 304 g/mol. The molecular weight excluding hydrogens is 299 g/mol. The molecule has 112 valence electrons. The van der Waals surface area contributed by atoms with Crippen LogP contribution < -0.4 is 0 Å². The van der Waals surface area contributed by atoms with Gasteiger partial charge in [0.2, 0.25) is 0 Å². The topological polar surface area (TPSA) is 26.3 Å². The highest BCUT2D eigenvalue weighted by Crippen LogP contribution is 2.51. The Kier molecular flexibility index (Phi) is 4.56. The van der Waals surface area contributed by atoms with Gasteiger partial charge < -0.3 is 4.74 Å². The summed E-state index contributed by atoms with van der Waals surface area (Å²) in [5, 5.41) is 0. The lowest BCUT2D eigenvalue weighted by molar-refractivity contribution is -0.387. The van der Waals surface area contributed by atoms with Crippen molar-refractivity contribution in [3.8, 4) is 0 Å². The van der Waals surface area contributed by atoms with E-state index in [0.717, 1.165) is 0 Å². The highest BCUT2D eigenvalue weighted by atomic mass is 19.4. The zero-order valence-electron chi connectivity index (χ0n) is 8.71. The van der Waals surface area contributed by atoms with Gasteiger partial charge in [0, 0.05) is 6.08 Å². The zero-order valence-corrected chi connectivity index (χ0v) is 8.71. The fraction of sp³-hybridized carbons (Fsp3) is 0.625. The number of rotatable bonds is 3. The highest BCUT2D eigenvalue weighted by molar-refractivity contribution is 5.81. The molecule has 11 heteroatoms. The lowest BCUT2D eigenvalue weighted by Gasteiger charge is -2.36. The van der Waals surface area contributed by atoms with E-state index in [-0.39, 0.29) is 6.08 Å². The summed E-state index contributed by atoms with van der Waals surface area (Å²) in [6, 6.07) is 0. The van der Waals surface area contributed by atoms with Crippen molar-refractivity contribution in [3.63, 3.8) is 0 Å². The maximum Gasteiger partial charge on any atom is 0.437 e. The third kappa shape index (κ3) is 4.03. The van der Waals surface area contributed by atoms with Crippen LogP contribution in [0.25, 0.3) is 0 Å². The second-order valence-electron chi connectivity index (χ2n) is 3.24. The van der Waals surface area contributed by atoms with Crippen LogP contribution in [0.4, 0.5) is 39.5 Å². The summed E-state index contributed by atoms with van der Waals surface area (Å²) in [5.74, 6) is -2.28. The fourth-order valence-electron chi connectivity index (χ4n) is 1.01. The Morgan fingerprint density at radius 2 is 1.32 bits per heavy atom. The van der Waals surface area contributed by atoms with Crippen LogP contribution in [-0.2, 0) is 9.53 Å². The minimum absolute atomic E-state index is 0.109. The van der Waals surface area contributed by atoms with Gasteiger partial charge in [-0.15, -0.1) is 0 Å². The summed E-state index contributed by atoms with van der Waals surface area (Å²) >= 11 is 0. The maximum atomic E-state index is 12.4. The van der Waals surface area contributed by atoms with E-state index in [2.05, 4.69) is 11.3 Å². The van der Waals surface area contributed by atoms with Gasteiger partial charge in [0.25, 0.3) is 0 Å². The van der Waals surface area contributed by atoms with Gasteiger partial charge in [-0.1, -0.05) is 6.58 Å². The van der Waals surface area contributed by atoms with Crippen molar-refractivity contribution in [2.75, 3.05) is 0 Å². The third-order valence-electron chi connectivity index (χ3n) is 1.81. The Labute approximate surface area is 99.4 Å². The molecule has 0 saturated heterocycles. The molecule has 0 fully saturated rings. The largest absolute Gasteiger partial charge is 0.437 e. The van der Waals surface area contributed by atoms with E-state index in [1.54, 1.807) is 0 Å². The Morgan fingerprint density at radius 1 is 0.947 bits per heavy atom. The van der Waals surface area contributed by atoms with E-state index in [1.807, 2.05) is 0 Å². The molecule has 19 heavy (non-hydrogen) atoms. The molecule has 0 spiro atoms. The number of hydrogen-bond acceptors (Lipinski definition) is 2. The lowest BCUT2D eigenvalue weighted by Crippen LogP contribution is -2.61. The van der Waals surface area contributed by atoms with Gasteiger partial charge in [-0.25, -0.2) is 4.79 Å². The minimum Gasteiger partial charge on any atom is -0.436 e. The van der Waals surface area contributed by atoms with Crippen molar-refractivity contribution in [2.45, 2.75) is 30.6 Å². The van der Waals surface area contributed by atoms with Gasteiger partial charge in [0.05, 0.1) is 0 Å². The molecular formula is C8H5F9O2. The summed E-state index contributed by atoms with van der Waals surface area (Å²) in [6.45, 7) is 2.51. The van der Waals surface area contributed by atoms with Crippen molar-refractivity contribution in [1.29, 1.82) is 0 Å². The van der Waals surface area contributed by atoms with Gasteiger partial charge in [-0.05, 0) is 0 Å². The van der Waals surface area contributed by atoms with Crippen molar-refractivity contribution in [1.82, 2.24) is 0 Å². The van der Waals surface area contributed by atoms with Crippen molar-refractivity contribution >= 4 is 5.97 Å². The SMILES string of the molecule is C=CC(=O)OC(CC(F)(F)F)(C(F)(F)F)C(F)(F)F. The highest BCUT2D eigenvalue weighted by Gasteiger charge is 2.76. The fourth-order valence-corrected chi connectivity index (χ4v) is 1.01. The molecule has 0 radical (unpaired) electrons. The first-order valence-electron chi connectivity index (χ1n) is 4.22. The molecule has 0 atom stereocenters. The molecule has 0 heterocycles. The average Bonchev–Trinajstić information content (AvgIpc) is 2.10. The summed E-state index contributed by atoms with van der Waals surface area (Å²) in [6.07, 6.45) is -22.4. The number of hydrogen-bond donors (Lipinski definition) is 0. The maximum absolute atomic E-state index is 12.4. The summed E-state index contributed by atoms with van der Waals surface area (Å²) < 4.78 is 113. The predicted molar refractivity (Wildman–Crippen MR) is 41.8 cm³/mol. The first-order valence-corrected chi connectivity index (χ1v) is 4.22. The molecule has 0 aliphatic heterocycles. The predicted octanol–water partition coefficient (Wildman–Crippen LogP) is 3.53. The van der Waals surface area contributed by atoms with E-state index >= 15 is 0 Å². The molecule has 0 N–H and O–H groups in total. The summed E-state index contributed by atoms with van der Waals surface area (Å²) in [5.41, 5.74) is -5.66. The molecule has 0 rings (SSSR count). The van der Waals surface area contributed by atoms with Crippen LogP contribution in [0, 0.1) is 0 Å². The van der Waals surface area contributed by atoms with E-state index < -0.39 is 36.5 Å². The second-order valence-corrected chi connectivity index (χ2v) is 3.24. The van der Waals surface area contributed by atoms with Crippen LogP contribution in [-0.4, -0.2) is 30.1 Å². The quantitative estimate of drug-likeness (QED) is 0.453. The smallest absolute Gasteiger partial charge is 0.436 e. The van der Waals surface area contributed by atoms with Gasteiger partial charge >= 0.3 is 30.1 Å². The molecule has 0 aliphatic rings. The van der Waals surface area contributed by atoms with Gasteiger partial charge in [-0.2, -0.15) is 39.5 Å². The number of carbonyl (C=O) groups excluding carboxylic acids is 1. The van der Waals surface area contributed by atoms with E-state index in [4.69, 9.17) is 0 Å². The zero-order chi connectivity index (χ0) is 15.7. The van der Waals surface area contributed by atoms with E-state index in [9.17, 15) is 44.3 Å². The molecule has 0 aromatic carbocycles. The molecule has 2 nitrogen and oxygen atoms in total. The monoisotopic (exact) mass is 304 g/mol. The van der Waals surface area contributed by atoms with Crippen LogP contribution in [0.15, 0.2) is 12.7 Å². The van der Waals surface area contributed by atoms with Crippen molar-refractivity contribution in [3.05, 3.63) is 12.7 Å². The Morgan fingerprint density at radius 3 is 1.53 bits per heavy atom. The standard InChI is InChI=1S/C8H5F9O2/c1-2-4(18)19-5(7(12,13)14,8(15,16)17)3-6(9,10)11/h2H,1,3H2. The van der Waals surface area contributed by atoms with Crippen LogP contribution in [0.1, 0.15) is 6.42 Å². The van der Waals surface area contributed by atoms with Crippen LogP contribution in [0.3, 0.4) is 0 Å². The lowest BCUT2D eigenvalue weighted by atomic mass is 9.97. The van der Waals surface area contributed by atoms with Crippen LogP contribution in [0.2, 0.25) is 0 Å². The van der Waals surface area contributed by atoms with Gasteiger partial charge in [0.15, 0.2) is 0 Å². The molecule has 0 aromatic heterocycles. The summed E-state index contributed by atoms with van der Waals surface area (Å²) in [4.78, 5) is 10.5. The Hall–Kier alpha value is -1.42.